The van der Waals surface area contributed by atoms with Gasteiger partial charge in [0.2, 0.25) is 5.91 Å². The van der Waals surface area contributed by atoms with Gasteiger partial charge >= 0.3 is 0 Å². The van der Waals surface area contributed by atoms with E-state index in [1.807, 2.05) is 32.0 Å². The zero-order valence-corrected chi connectivity index (χ0v) is 13.5. The largest absolute Gasteiger partial charge is 0.497 e. The molecule has 5 nitrogen and oxygen atoms in total. The molecule has 0 aliphatic heterocycles. The number of carbonyl (C=O) groups is 1. The summed E-state index contributed by atoms with van der Waals surface area (Å²) >= 11 is 0. The predicted molar refractivity (Wildman–Crippen MR) is 85.1 cm³/mol. The molecule has 2 N–H and O–H groups in total. The van der Waals surface area contributed by atoms with Crippen molar-refractivity contribution in [1.29, 1.82) is 0 Å². The lowest BCUT2D eigenvalue weighted by molar-refractivity contribution is -0.122. The van der Waals surface area contributed by atoms with Gasteiger partial charge < -0.3 is 20.1 Å². The van der Waals surface area contributed by atoms with E-state index in [-0.39, 0.29) is 18.0 Å². The first-order chi connectivity index (χ1) is 10.0. The van der Waals surface area contributed by atoms with Crippen LogP contribution < -0.4 is 20.1 Å². The smallest absolute Gasteiger partial charge is 0.242 e. The lowest BCUT2D eigenvalue weighted by Crippen LogP contribution is -2.42. The Balaban J connectivity index is 2.73. The highest BCUT2D eigenvalue weighted by Crippen LogP contribution is 2.29. The van der Waals surface area contributed by atoms with Gasteiger partial charge in [0.25, 0.3) is 0 Å². The predicted octanol–water partition coefficient (Wildman–Crippen LogP) is 2.81. The normalized spacial score (nSPS) is 13.2. The van der Waals surface area contributed by atoms with Crippen LogP contribution in [0.3, 0.4) is 0 Å². The third-order valence-corrected chi connectivity index (χ3v) is 3.28. The van der Waals surface area contributed by atoms with E-state index in [0.29, 0.717) is 11.5 Å². The third kappa shape index (κ3) is 5.17. The van der Waals surface area contributed by atoms with Crippen LogP contribution in [0.5, 0.6) is 11.5 Å². The molecule has 0 heterocycles. The molecule has 0 aromatic heterocycles. The maximum absolute atomic E-state index is 12.1. The van der Waals surface area contributed by atoms with Crippen molar-refractivity contribution in [2.75, 3.05) is 19.5 Å². The molecule has 2 unspecified atom stereocenters. The number of amides is 1. The summed E-state index contributed by atoms with van der Waals surface area (Å²) in [6, 6.07) is 5.27. The minimum absolute atomic E-state index is 0.0270. The van der Waals surface area contributed by atoms with Crippen molar-refractivity contribution in [1.82, 2.24) is 5.32 Å². The van der Waals surface area contributed by atoms with Crippen molar-refractivity contribution in [3.05, 3.63) is 18.2 Å². The van der Waals surface area contributed by atoms with Crippen LogP contribution in [0.15, 0.2) is 18.2 Å². The summed E-state index contributed by atoms with van der Waals surface area (Å²) in [5.41, 5.74) is 0.739. The molecule has 0 radical (unpaired) electrons. The number of anilines is 1. The summed E-state index contributed by atoms with van der Waals surface area (Å²) in [5, 5.41) is 6.16. The van der Waals surface area contributed by atoms with E-state index in [1.165, 1.54) is 0 Å². The van der Waals surface area contributed by atoms with Gasteiger partial charge in [-0.05, 0) is 32.4 Å². The van der Waals surface area contributed by atoms with Gasteiger partial charge in [-0.25, -0.2) is 0 Å². The Morgan fingerprint density at radius 1 is 1.24 bits per heavy atom. The Morgan fingerprint density at radius 3 is 2.52 bits per heavy atom. The molecule has 0 fully saturated rings. The van der Waals surface area contributed by atoms with Gasteiger partial charge in [-0.1, -0.05) is 13.3 Å². The first kappa shape index (κ1) is 17.1. The van der Waals surface area contributed by atoms with E-state index in [9.17, 15) is 4.79 Å². The van der Waals surface area contributed by atoms with Gasteiger partial charge in [0, 0.05) is 12.1 Å². The fraction of sp³-hybridized carbons (Fsp3) is 0.562. The van der Waals surface area contributed by atoms with E-state index in [2.05, 4.69) is 17.6 Å². The molecular formula is C16H26N2O3. The molecule has 118 valence electrons. The molecule has 1 amide bonds. The highest BCUT2D eigenvalue weighted by Gasteiger charge is 2.16. The van der Waals surface area contributed by atoms with Crippen LogP contribution in [0.1, 0.15) is 33.6 Å². The second-order valence-corrected chi connectivity index (χ2v) is 5.13. The molecule has 2 atom stereocenters. The number of ether oxygens (including phenoxy) is 2. The molecule has 1 rings (SSSR count). The minimum atomic E-state index is -0.356. The van der Waals surface area contributed by atoms with Crippen LogP contribution in [0.2, 0.25) is 0 Å². The van der Waals surface area contributed by atoms with Crippen molar-refractivity contribution in [3.8, 4) is 11.5 Å². The zero-order valence-electron chi connectivity index (χ0n) is 13.5. The second-order valence-electron chi connectivity index (χ2n) is 5.13. The summed E-state index contributed by atoms with van der Waals surface area (Å²) in [4.78, 5) is 12.1. The fourth-order valence-corrected chi connectivity index (χ4v) is 2.10. The Bertz CT molecular complexity index is 463. The van der Waals surface area contributed by atoms with Gasteiger partial charge in [0.05, 0.1) is 19.9 Å². The van der Waals surface area contributed by atoms with Crippen molar-refractivity contribution < 1.29 is 14.3 Å². The summed E-state index contributed by atoms with van der Waals surface area (Å²) in [7, 11) is 3.20. The van der Waals surface area contributed by atoms with Crippen LogP contribution in [0, 0.1) is 0 Å². The van der Waals surface area contributed by atoms with E-state index < -0.39 is 0 Å². The standard InChI is InChI=1S/C16H26N2O3/c1-6-7-11(2)17-16(19)12(3)18-14-10-13(20-4)8-9-15(14)21-5/h8-12,18H,6-7H2,1-5H3,(H,17,19). The number of methoxy groups -OCH3 is 2. The third-order valence-electron chi connectivity index (χ3n) is 3.28. The first-order valence-electron chi connectivity index (χ1n) is 7.30. The molecule has 0 bridgehead atoms. The highest BCUT2D eigenvalue weighted by molar-refractivity contribution is 5.85. The van der Waals surface area contributed by atoms with E-state index in [0.717, 1.165) is 18.5 Å². The maximum atomic E-state index is 12.1. The van der Waals surface area contributed by atoms with Crippen molar-refractivity contribution in [2.24, 2.45) is 0 Å². The van der Waals surface area contributed by atoms with E-state index in [4.69, 9.17) is 9.47 Å². The summed E-state index contributed by atoms with van der Waals surface area (Å²) in [5.74, 6) is 1.36. The SMILES string of the molecule is CCCC(C)NC(=O)C(C)Nc1cc(OC)ccc1OC. The molecule has 0 spiro atoms. The quantitative estimate of drug-likeness (QED) is 0.774. The molecule has 1 aromatic carbocycles. The number of hydrogen-bond donors (Lipinski definition) is 2. The number of carbonyl (C=O) groups excluding carboxylic acids is 1. The van der Waals surface area contributed by atoms with Gasteiger partial charge in [0.15, 0.2) is 0 Å². The molecule has 1 aromatic rings. The molecule has 21 heavy (non-hydrogen) atoms. The lowest BCUT2D eigenvalue weighted by Gasteiger charge is -2.20. The monoisotopic (exact) mass is 294 g/mol. The topological polar surface area (TPSA) is 59.6 Å². The average Bonchev–Trinajstić information content (AvgIpc) is 2.47. The number of hydrogen-bond acceptors (Lipinski definition) is 4. The molecule has 0 saturated heterocycles. The van der Waals surface area contributed by atoms with Crippen LogP contribution >= 0.6 is 0 Å². The number of benzene rings is 1. The first-order valence-corrected chi connectivity index (χ1v) is 7.30. The van der Waals surface area contributed by atoms with Crippen molar-refractivity contribution >= 4 is 11.6 Å². The summed E-state index contributed by atoms with van der Waals surface area (Å²) in [6.45, 7) is 5.94. The summed E-state index contributed by atoms with van der Waals surface area (Å²) in [6.07, 6.45) is 2.02. The number of rotatable bonds is 8. The Labute approximate surface area is 127 Å². The minimum Gasteiger partial charge on any atom is -0.497 e. The molecular weight excluding hydrogens is 268 g/mol. The van der Waals surface area contributed by atoms with Crippen LogP contribution in [-0.4, -0.2) is 32.2 Å². The highest BCUT2D eigenvalue weighted by atomic mass is 16.5. The number of nitrogens with one attached hydrogen (secondary N) is 2. The Kier molecular flexibility index (Phi) is 6.85. The van der Waals surface area contributed by atoms with Gasteiger partial charge in [-0.3, -0.25) is 4.79 Å². The van der Waals surface area contributed by atoms with Crippen LogP contribution in [-0.2, 0) is 4.79 Å². The molecule has 0 aliphatic rings. The maximum Gasteiger partial charge on any atom is 0.242 e. The van der Waals surface area contributed by atoms with Gasteiger partial charge in [-0.15, -0.1) is 0 Å². The average molecular weight is 294 g/mol. The molecule has 0 saturated carbocycles. The van der Waals surface area contributed by atoms with Crippen molar-refractivity contribution in [2.45, 2.75) is 45.7 Å². The van der Waals surface area contributed by atoms with E-state index >= 15 is 0 Å². The Morgan fingerprint density at radius 2 is 1.95 bits per heavy atom. The fourth-order valence-electron chi connectivity index (χ4n) is 2.10. The second kappa shape index (κ2) is 8.39. The molecule has 5 heteroatoms. The van der Waals surface area contributed by atoms with E-state index in [1.54, 1.807) is 14.2 Å². The van der Waals surface area contributed by atoms with Gasteiger partial charge in [-0.2, -0.15) is 0 Å². The lowest BCUT2D eigenvalue weighted by atomic mass is 10.2. The molecule has 0 aliphatic carbocycles. The van der Waals surface area contributed by atoms with Crippen LogP contribution in [0.4, 0.5) is 5.69 Å². The summed E-state index contributed by atoms with van der Waals surface area (Å²) < 4.78 is 10.5. The Hall–Kier alpha value is -1.91. The zero-order chi connectivity index (χ0) is 15.8. The van der Waals surface area contributed by atoms with Crippen molar-refractivity contribution in [3.63, 3.8) is 0 Å². The van der Waals surface area contributed by atoms with Gasteiger partial charge in [0.1, 0.15) is 17.5 Å². The van der Waals surface area contributed by atoms with Crippen LogP contribution in [0.25, 0.3) is 0 Å².